The molecule has 0 saturated carbocycles. The Morgan fingerprint density at radius 1 is 1.21 bits per heavy atom. The van der Waals surface area contributed by atoms with Crippen molar-refractivity contribution in [2.75, 3.05) is 30.8 Å². The van der Waals surface area contributed by atoms with Crippen LogP contribution < -0.4 is 21.1 Å². The molecule has 1 heterocycles. The Bertz CT molecular complexity index is 532. The van der Waals surface area contributed by atoms with Gasteiger partial charge in [-0.2, -0.15) is 0 Å². The maximum atomic E-state index is 5.43. The lowest BCUT2D eigenvalue weighted by molar-refractivity contribution is 0.415. The monoisotopic (exact) mass is 259 g/mol. The second kappa shape index (κ2) is 6.55. The van der Waals surface area contributed by atoms with Gasteiger partial charge in [0.1, 0.15) is 23.7 Å². The van der Waals surface area contributed by atoms with Crippen LogP contribution in [0.1, 0.15) is 0 Å². The summed E-state index contributed by atoms with van der Waals surface area (Å²) in [6, 6.07) is 9.47. The normalized spacial score (nSPS) is 10.0. The van der Waals surface area contributed by atoms with Gasteiger partial charge in [-0.1, -0.05) is 6.07 Å². The molecule has 0 aliphatic carbocycles. The van der Waals surface area contributed by atoms with Gasteiger partial charge in [-0.25, -0.2) is 9.97 Å². The smallest absolute Gasteiger partial charge is 0.135 e. The first-order valence-corrected chi connectivity index (χ1v) is 5.99. The molecule has 0 atom stereocenters. The molecule has 0 aliphatic heterocycles. The number of nitrogens with two attached hydrogens (primary N) is 1. The second-order valence-corrected chi connectivity index (χ2v) is 3.86. The number of hydrogen-bond donors (Lipinski definition) is 3. The van der Waals surface area contributed by atoms with Gasteiger partial charge in [0.05, 0.1) is 7.11 Å². The Balaban J connectivity index is 2.09. The predicted molar refractivity (Wildman–Crippen MR) is 75.9 cm³/mol. The SMILES string of the molecule is COc1cccc(Nc2cc(NCCN)ncn2)c1. The van der Waals surface area contributed by atoms with Crippen molar-refractivity contribution in [3.63, 3.8) is 0 Å². The molecule has 2 rings (SSSR count). The average Bonchev–Trinajstić information content (AvgIpc) is 2.46. The van der Waals surface area contributed by atoms with Crippen molar-refractivity contribution in [3.8, 4) is 5.75 Å². The number of nitrogens with zero attached hydrogens (tertiary/aromatic N) is 2. The second-order valence-electron chi connectivity index (χ2n) is 3.86. The van der Waals surface area contributed by atoms with E-state index in [0.29, 0.717) is 18.9 Å². The Kier molecular flexibility index (Phi) is 4.52. The summed E-state index contributed by atoms with van der Waals surface area (Å²) in [6.45, 7) is 1.23. The van der Waals surface area contributed by atoms with Gasteiger partial charge >= 0.3 is 0 Å². The van der Waals surface area contributed by atoms with Crippen LogP contribution in [0.4, 0.5) is 17.3 Å². The molecule has 0 radical (unpaired) electrons. The summed E-state index contributed by atoms with van der Waals surface area (Å²) >= 11 is 0. The highest BCUT2D eigenvalue weighted by atomic mass is 16.5. The molecule has 4 N–H and O–H groups in total. The quantitative estimate of drug-likeness (QED) is 0.730. The summed E-state index contributed by atoms with van der Waals surface area (Å²) in [5.74, 6) is 2.24. The molecule has 0 amide bonds. The van der Waals surface area contributed by atoms with E-state index < -0.39 is 0 Å². The molecule has 0 fully saturated rings. The maximum absolute atomic E-state index is 5.43. The van der Waals surface area contributed by atoms with Crippen LogP contribution in [0.15, 0.2) is 36.7 Å². The Morgan fingerprint density at radius 3 is 2.84 bits per heavy atom. The summed E-state index contributed by atoms with van der Waals surface area (Å²) in [6.07, 6.45) is 1.50. The molecular weight excluding hydrogens is 242 g/mol. The van der Waals surface area contributed by atoms with Gasteiger partial charge in [0.2, 0.25) is 0 Å². The number of ether oxygens (including phenoxy) is 1. The van der Waals surface area contributed by atoms with Crippen LogP contribution >= 0.6 is 0 Å². The lowest BCUT2D eigenvalue weighted by Crippen LogP contribution is -2.14. The first-order chi connectivity index (χ1) is 9.31. The third kappa shape index (κ3) is 3.82. The molecule has 0 aliphatic rings. The van der Waals surface area contributed by atoms with E-state index in [1.165, 1.54) is 6.33 Å². The maximum Gasteiger partial charge on any atom is 0.135 e. The predicted octanol–water partition coefficient (Wildman–Crippen LogP) is 1.60. The van der Waals surface area contributed by atoms with Gasteiger partial charge in [0, 0.05) is 30.9 Å². The summed E-state index contributed by atoms with van der Waals surface area (Å²) in [7, 11) is 1.64. The summed E-state index contributed by atoms with van der Waals surface area (Å²) < 4.78 is 5.17. The van der Waals surface area contributed by atoms with Gasteiger partial charge < -0.3 is 21.1 Å². The van der Waals surface area contributed by atoms with Crippen molar-refractivity contribution in [3.05, 3.63) is 36.7 Å². The third-order valence-corrected chi connectivity index (χ3v) is 2.46. The molecule has 0 unspecified atom stereocenters. The van der Waals surface area contributed by atoms with Crippen molar-refractivity contribution in [2.45, 2.75) is 0 Å². The van der Waals surface area contributed by atoms with Crippen molar-refractivity contribution in [2.24, 2.45) is 5.73 Å². The number of methoxy groups -OCH3 is 1. The molecule has 100 valence electrons. The van der Waals surface area contributed by atoms with Crippen LogP contribution in [0.2, 0.25) is 0 Å². The number of nitrogens with one attached hydrogen (secondary N) is 2. The first kappa shape index (κ1) is 13.1. The third-order valence-electron chi connectivity index (χ3n) is 2.46. The highest BCUT2D eigenvalue weighted by Gasteiger charge is 2.00. The minimum absolute atomic E-state index is 0.558. The molecule has 1 aromatic carbocycles. The lowest BCUT2D eigenvalue weighted by Gasteiger charge is -2.09. The van der Waals surface area contributed by atoms with E-state index in [9.17, 15) is 0 Å². The molecule has 6 nitrogen and oxygen atoms in total. The molecule has 0 saturated heterocycles. The average molecular weight is 259 g/mol. The van der Waals surface area contributed by atoms with Crippen LogP contribution in [0.5, 0.6) is 5.75 Å². The lowest BCUT2D eigenvalue weighted by atomic mass is 10.3. The molecule has 19 heavy (non-hydrogen) atoms. The van der Waals surface area contributed by atoms with Crippen LogP contribution in [-0.2, 0) is 0 Å². The van der Waals surface area contributed by atoms with E-state index in [2.05, 4.69) is 20.6 Å². The fraction of sp³-hybridized carbons (Fsp3) is 0.231. The summed E-state index contributed by atoms with van der Waals surface area (Å²) in [5, 5.41) is 6.30. The van der Waals surface area contributed by atoms with Gasteiger partial charge in [0.25, 0.3) is 0 Å². The fourth-order valence-electron chi connectivity index (χ4n) is 1.57. The molecule has 2 aromatic rings. The summed E-state index contributed by atoms with van der Waals surface area (Å²) in [4.78, 5) is 8.27. The van der Waals surface area contributed by atoms with Crippen molar-refractivity contribution in [1.29, 1.82) is 0 Å². The zero-order valence-corrected chi connectivity index (χ0v) is 10.8. The number of rotatable bonds is 6. The van der Waals surface area contributed by atoms with Crippen LogP contribution in [0.25, 0.3) is 0 Å². The first-order valence-electron chi connectivity index (χ1n) is 5.99. The van der Waals surface area contributed by atoms with E-state index in [1.54, 1.807) is 7.11 Å². The zero-order valence-electron chi connectivity index (χ0n) is 10.8. The number of anilines is 3. The molecule has 0 bridgehead atoms. The summed E-state index contributed by atoms with van der Waals surface area (Å²) in [5.41, 5.74) is 6.34. The van der Waals surface area contributed by atoms with E-state index in [4.69, 9.17) is 10.5 Å². The zero-order chi connectivity index (χ0) is 13.5. The molecule has 1 aromatic heterocycles. The highest BCUT2D eigenvalue weighted by Crippen LogP contribution is 2.20. The van der Waals surface area contributed by atoms with Crippen molar-refractivity contribution < 1.29 is 4.74 Å². The highest BCUT2D eigenvalue weighted by molar-refractivity contribution is 5.60. The van der Waals surface area contributed by atoms with Crippen molar-refractivity contribution >= 4 is 17.3 Å². The van der Waals surface area contributed by atoms with E-state index in [0.717, 1.165) is 17.3 Å². The van der Waals surface area contributed by atoms with Gasteiger partial charge in [-0.3, -0.25) is 0 Å². The fourth-order valence-corrected chi connectivity index (χ4v) is 1.57. The molecular formula is C13H17N5O. The Hall–Kier alpha value is -2.34. The topological polar surface area (TPSA) is 85.1 Å². The van der Waals surface area contributed by atoms with Crippen LogP contribution in [-0.4, -0.2) is 30.2 Å². The van der Waals surface area contributed by atoms with Crippen molar-refractivity contribution in [1.82, 2.24) is 9.97 Å². The number of hydrogen-bond acceptors (Lipinski definition) is 6. The minimum Gasteiger partial charge on any atom is -0.497 e. The largest absolute Gasteiger partial charge is 0.497 e. The van der Waals surface area contributed by atoms with E-state index in [-0.39, 0.29) is 0 Å². The van der Waals surface area contributed by atoms with Gasteiger partial charge in [0.15, 0.2) is 0 Å². The van der Waals surface area contributed by atoms with E-state index in [1.807, 2.05) is 30.3 Å². The Labute approximate surface area is 112 Å². The van der Waals surface area contributed by atoms with Crippen LogP contribution in [0.3, 0.4) is 0 Å². The molecule has 6 heteroatoms. The molecule has 0 spiro atoms. The number of benzene rings is 1. The minimum atomic E-state index is 0.558. The van der Waals surface area contributed by atoms with Gasteiger partial charge in [-0.15, -0.1) is 0 Å². The van der Waals surface area contributed by atoms with Gasteiger partial charge in [-0.05, 0) is 12.1 Å². The van der Waals surface area contributed by atoms with E-state index >= 15 is 0 Å². The number of aromatic nitrogens is 2. The standard InChI is InChI=1S/C13H17N5O/c1-19-11-4-2-3-10(7-11)18-13-8-12(15-6-5-14)16-9-17-13/h2-4,7-9H,5-6,14H2,1H3,(H2,15,16,17,18). The van der Waals surface area contributed by atoms with Crippen LogP contribution in [0, 0.1) is 0 Å². The Morgan fingerprint density at radius 2 is 2.05 bits per heavy atom.